The van der Waals surface area contributed by atoms with E-state index >= 15 is 0 Å². The zero-order valence-corrected chi connectivity index (χ0v) is 11.5. The summed E-state index contributed by atoms with van der Waals surface area (Å²) in [6.07, 6.45) is 1.74. The lowest BCUT2D eigenvalue weighted by atomic mass is 10.3. The first-order valence-electron chi connectivity index (χ1n) is 4.34. The molecule has 2 unspecified atom stereocenters. The van der Waals surface area contributed by atoms with Gasteiger partial charge in [-0.1, -0.05) is 0 Å². The molecule has 0 bridgehead atoms. The van der Waals surface area contributed by atoms with Gasteiger partial charge >= 0.3 is 0 Å². The number of hydrogen-bond donors (Lipinski definition) is 1. The van der Waals surface area contributed by atoms with Crippen LogP contribution in [0.2, 0.25) is 0 Å². The van der Waals surface area contributed by atoms with Gasteiger partial charge < -0.3 is 5.32 Å². The highest BCUT2D eigenvalue weighted by atomic mass is 79.9. The van der Waals surface area contributed by atoms with Crippen LogP contribution in [0.5, 0.6) is 0 Å². The van der Waals surface area contributed by atoms with Crippen molar-refractivity contribution in [1.82, 2.24) is 5.32 Å². The van der Waals surface area contributed by atoms with Gasteiger partial charge in [-0.3, -0.25) is 4.21 Å². The molecule has 5 heteroatoms. The standard InChI is InChI=1S/C9H14BrNOS2/c1-7(6-14(2)12)11-4-9-3-8(10)5-13-9/h3,5,7,11H,4,6H2,1-2H3. The van der Waals surface area contributed by atoms with E-state index in [0.717, 1.165) is 11.0 Å². The molecule has 1 N–H and O–H groups in total. The summed E-state index contributed by atoms with van der Waals surface area (Å²) < 4.78 is 12.1. The third-order valence-electron chi connectivity index (χ3n) is 1.73. The summed E-state index contributed by atoms with van der Waals surface area (Å²) in [6, 6.07) is 2.41. The van der Waals surface area contributed by atoms with Gasteiger partial charge in [-0.15, -0.1) is 11.3 Å². The van der Waals surface area contributed by atoms with Crippen molar-refractivity contribution in [3.63, 3.8) is 0 Å². The molecule has 0 saturated heterocycles. The zero-order chi connectivity index (χ0) is 10.6. The number of hydrogen-bond acceptors (Lipinski definition) is 3. The van der Waals surface area contributed by atoms with E-state index in [1.54, 1.807) is 17.6 Å². The summed E-state index contributed by atoms with van der Waals surface area (Å²) in [4.78, 5) is 1.30. The number of thiophene rings is 1. The van der Waals surface area contributed by atoms with Crippen molar-refractivity contribution in [1.29, 1.82) is 0 Å². The summed E-state index contributed by atoms with van der Waals surface area (Å²) in [7, 11) is -0.717. The Morgan fingerprint density at radius 3 is 2.93 bits per heavy atom. The third kappa shape index (κ3) is 4.68. The van der Waals surface area contributed by atoms with Crippen LogP contribution in [0.3, 0.4) is 0 Å². The van der Waals surface area contributed by atoms with Crippen molar-refractivity contribution < 1.29 is 4.21 Å². The van der Waals surface area contributed by atoms with Crippen molar-refractivity contribution >= 4 is 38.1 Å². The minimum absolute atomic E-state index is 0.307. The van der Waals surface area contributed by atoms with Crippen LogP contribution in [0, 0.1) is 0 Å². The maximum absolute atomic E-state index is 10.9. The average Bonchev–Trinajstić information content (AvgIpc) is 2.47. The van der Waals surface area contributed by atoms with E-state index in [-0.39, 0.29) is 0 Å². The molecule has 0 aliphatic heterocycles. The maximum atomic E-state index is 10.9. The summed E-state index contributed by atoms with van der Waals surface area (Å²) in [5, 5.41) is 5.41. The van der Waals surface area contributed by atoms with Crippen LogP contribution >= 0.6 is 27.3 Å². The van der Waals surface area contributed by atoms with Gasteiger partial charge in [0.1, 0.15) is 0 Å². The normalized spacial score (nSPS) is 15.4. The Morgan fingerprint density at radius 1 is 1.71 bits per heavy atom. The second kappa shape index (κ2) is 6.00. The van der Waals surface area contributed by atoms with Crippen molar-refractivity contribution in [3.8, 4) is 0 Å². The van der Waals surface area contributed by atoms with E-state index in [2.05, 4.69) is 39.6 Å². The summed E-state index contributed by atoms with van der Waals surface area (Å²) in [5.74, 6) is 0.715. The highest BCUT2D eigenvalue weighted by Crippen LogP contribution is 2.19. The molecule has 0 fully saturated rings. The minimum Gasteiger partial charge on any atom is -0.308 e. The van der Waals surface area contributed by atoms with Crippen molar-refractivity contribution in [2.75, 3.05) is 12.0 Å². The Bertz CT molecular complexity index is 314. The zero-order valence-electron chi connectivity index (χ0n) is 8.25. The Hall–Kier alpha value is 0.290. The molecule has 80 valence electrons. The van der Waals surface area contributed by atoms with Crippen LogP contribution in [-0.2, 0) is 17.3 Å². The van der Waals surface area contributed by atoms with Gasteiger partial charge in [0.25, 0.3) is 0 Å². The van der Waals surface area contributed by atoms with Crippen LogP contribution in [0.25, 0.3) is 0 Å². The molecule has 0 aliphatic carbocycles. The summed E-state index contributed by atoms with van der Waals surface area (Å²) >= 11 is 5.14. The fourth-order valence-corrected chi connectivity index (χ4v) is 3.36. The quantitative estimate of drug-likeness (QED) is 0.904. The summed E-state index contributed by atoms with van der Waals surface area (Å²) in [5.41, 5.74) is 0. The molecule has 1 aromatic rings. The van der Waals surface area contributed by atoms with Gasteiger partial charge in [0, 0.05) is 50.1 Å². The largest absolute Gasteiger partial charge is 0.308 e. The Balaban J connectivity index is 2.30. The van der Waals surface area contributed by atoms with E-state index in [4.69, 9.17) is 0 Å². The molecule has 1 aromatic heterocycles. The van der Waals surface area contributed by atoms with Crippen molar-refractivity contribution in [3.05, 3.63) is 20.8 Å². The number of halogens is 1. The van der Waals surface area contributed by atoms with Crippen molar-refractivity contribution in [2.24, 2.45) is 0 Å². The molecule has 1 rings (SSSR count). The lowest BCUT2D eigenvalue weighted by Crippen LogP contribution is -2.30. The van der Waals surface area contributed by atoms with Gasteiger partial charge in [0.2, 0.25) is 0 Å². The van der Waals surface area contributed by atoms with E-state index in [1.807, 2.05) is 0 Å². The van der Waals surface area contributed by atoms with Crippen LogP contribution in [-0.4, -0.2) is 22.3 Å². The van der Waals surface area contributed by atoms with Gasteiger partial charge in [-0.25, -0.2) is 0 Å². The second-order valence-corrected chi connectivity index (χ2v) is 6.64. The maximum Gasteiger partial charge on any atom is 0.0383 e. The molecule has 14 heavy (non-hydrogen) atoms. The van der Waals surface area contributed by atoms with Crippen LogP contribution < -0.4 is 5.32 Å². The molecular weight excluding hydrogens is 282 g/mol. The predicted octanol–water partition coefficient (Wildman–Crippen LogP) is 2.37. The fourth-order valence-electron chi connectivity index (χ4n) is 1.13. The molecule has 2 atom stereocenters. The van der Waals surface area contributed by atoms with E-state index in [9.17, 15) is 4.21 Å². The monoisotopic (exact) mass is 295 g/mol. The van der Waals surface area contributed by atoms with Crippen LogP contribution in [0.4, 0.5) is 0 Å². The third-order valence-corrected chi connectivity index (χ3v) is 4.40. The molecule has 0 amide bonds. The Morgan fingerprint density at radius 2 is 2.43 bits per heavy atom. The van der Waals surface area contributed by atoms with E-state index in [0.29, 0.717) is 11.8 Å². The van der Waals surface area contributed by atoms with Gasteiger partial charge in [-0.05, 0) is 28.9 Å². The molecule has 2 nitrogen and oxygen atoms in total. The Labute approximate surface area is 99.7 Å². The Kier molecular flexibility index (Phi) is 5.30. The highest BCUT2D eigenvalue weighted by Gasteiger charge is 2.04. The van der Waals surface area contributed by atoms with E-state index in [1.165, 1.54) is 4.88 Å². The molecule has 0 spiro atoms. The molecule has 0 aliphatic rings. The van der Waals surface area contributed by atoms with E-state index < -0.39 is 10.8 Å². The molecule has 0 aromatic carbocycles. The van der Waals surface area contributed by atoms with Gasteiger partial charge in [0.05, 0.1) is 0 Å². The number of nitrogens with one attached hydrogen (secondary N) is 1. The average molecular weight is 296 g/mol. The number of rotatable bonds is 5. The lowest BCUT2D eigenvalue weighted by Gasteiger charge is -2.10. The second-order valence-electron chi connectivity index (χ2n) is 3.25. The first-order valence-corrected chi connectivity index (χ1v) is 7.74. The topological polar surface area (TPSA) is 29.1 Å². The first-order chi connectivity index (χ1) is 6.58. The molecule has 0 saturated carbocycles. The van der Waals surface area contributed by atoms with Gasteiger partial charge in [-0.2, -0.15) is 0 Å². The molecule has 1 heterocycles. The lowest BCUT2D eigenvalue weighted by molar-refractivity contribution is 0.591. The fraction of sp³-hybridized carbons (Fsp3) is 0.556. The van der Waals surface area contributed by atoms with Crippen LogP contribution in [0.1, 0.15) is 11.8 Å². The molecular formula is C9H14BrNOS2. The van der Waals surface area contributed by atoms with Crippen LogP contribution in [0.15, 0.2) is 15.9 Å². The smallest absolute Gasteiger partial charge is 0.0383 e. The summed E-state index contributed by atoms with van der Waals surface area (Å²) in [6.45, 7) is 2.92. The predicted molar refractivity (Wildman–Crippen MR) is 67.3 cm³/mol. The minimum atomic E-state index is -0.717. The SMILES string of the molecule is CC(CS(C)=O)NCc1cc(Br)cs1. The first kappa shape index (κ1) is 12.4. The highest BCUT2D eigenvalue weighted by molar-refractivity contribution is 9.10. The van der Waals surface area contributed by atoms with Gasteiger partial charge in [0.15, 0.2) is 0 Å². The van der Waals surface area contributed by atoms with Crippen molar-refractivity contribution in [2.45, 2.75) is 19.5 Å². The molecule has 0 radical (unpaired) electrons.